The van der Waals surface area contributed by atoms with Gasteiger partial charge in [0, 0.05) is 37.5 Å². The molecule has 0 spiro atoms. The second-order valence-electron chi connectivity index (χ2n) is 7.85. The topological polar surface area (TPSA) is 79.4 Å². The second kappa shape index (κ2) is 8.47. The number of nitrogens with zero attached hydrogens (tertiary/aromatic N) is 3. The molecule has 2 N–H and O–H groups in total. The Morgan fingerprint density at radius 3 is 2.87 bits per heavy atom. The monoisotopic (exact) mass is 423 g/mol. The second-order valence-corrected chi connectivity index (χ2v) is 8.88. The van der Waals surface area contributed by atoms with Crippen molar-refractivity contribution in [3.8, 4) is 11.5 Å². The van der Waals surface area contributed by atoms with Gasteiger partial charge in [0.25, 0.3) is 0 Å². The van der Waals surface area contributed by atoms with Crippen LogP contribution in [0, 0.1) is 0 Å². The van der Waals surface area contributed by atoms with Gasteiger partial charge in [0.15, 0.2) is 5.13 Å². The summed E-state index contributed by atoms with van der Waals surface area (Å²) in [6.07, 6.45) is 8.13. The van der Waals surface area contributed by atoms with Gasteiger partial charge in [0.2, 0.25) is 5.91 Å². The Balaban J connectivity index is 1.30. The number of amides is 1. The van der Waals surface area contributed by atoms with Gasteiger partial charge in [-0.3, -0.25) is 4.79 Å². The summed E-state index contributed by atoms with van der Waals surface area (Å²) in [7, 11) is 0. The molecule has 1 saturated carbocycles. The molecule has 2 aliphatic rings. The molecule has 8 heteroatoms. The van der Waals surface area contributed by atoms with E-state index in [4.69, 9.17) is 9.72 Å². The smallest absolute Gasteiger partial charge is 0.239 e. The number of piperazine rings is 1. The molecule has 7 nitrogen and oxygen atoms in total. The lowest BCUT2D eigenvalue weighted by Gasteiger charge is -2.27. The van der Waals surface area contributed by atoms with Crippen LogP contribution in [0.4, 0.5) is 10.9 Å². The molecule has 0 radical (unpaired) electrons. The highest BCUT2D eigenvalue weighted by atomic mass is 32.1. The summed E-state index contributed by atoms with van der Waals surface area (Å²) in [5.41, 5.74) is 0.986. The fourth-order valence-corrected chi connectivity index (χ4v) is 5.03. The van der Waals surface area contributed by atoms with Gasteiger partial charge in [-0.25, -0.2) is 9.97 Å². The number of hydrogen-bond donors (Lipinski definition) is 2. The predicted molar refractivity (Wildman–Crippen MR) is 120 cm³/mol. The van der Waals surface area contributed by atoms with Crippen LogP contribution in [-0.2, 0) is 4.79 Å². The van der Waals surface area contributed by atoms with Gasteiger partial charge < -0.3 is 20.3 Å². The van der Waals surface area contributed by atoms with Crippen LogP contribution in [0.2, 0.25) is 0 Å². The largest absolute Gasteiger partial charge is 0.457 e. The number of rotatable bonds is 5. The lowest BCUT2D eigenvalue weighted by Crippen LogP contribution is -2.48. The highest BCUT2D eigenvalue weighted by Gasteiger charge is 2.18. The summed E-state index contributed by atoms with van der Waals surface area (Å²) in [4.78, 5) is 22.7. The van der Waals surface area contributed by atoms with Gasteiger partial charge in [-0.1, -0.05) is 30.6 Å². The van der Waals surface area contributed by atoms with Crippen LogP contribution < -0.4 is 20.3 Å². The maximum absolute atomic E-state index is 11.7. The van der Waals surface area contributed by atoms with Crippen LogP contribution in [0.5, 0.6) is 11.5 Å². The normalized spacial score (nSPS) is 17.7. The van der Waals surface area contributed by atoms with Gasteiger partial charge in [-0.2, -0.15) is 0 Å². The van der Waals surface area contributed by atoms with Crippen LogP contribution in [0.15, 0.2) is 36.5 Å². The number of hydrogen-bond acceptors (Lipinski definition) is 7. The van der Waals surface area contributed by atoms with Gasteiger partial charge >= 0.3 is 0 Å². The lowest BCUT2D eigenvalue weighted by atomic mass is 9.96. The molecular weight excluding hydrogens is 398 g/mol. The Kier molecular flexibility index (Phi) is 5.40. The molecule has 0 unspecified atom stereocenters. The SMILES string of the molecule is O=C1CN(c2cc(Oc3ccc4nc(NC5CCCCC5)sc4c3)ccn2)CCN1. The van der Waals surface area contributed by atoms with E-state index in [0.29, 0.717) is 24.9 Å². The van der Waals surface area contributed by atoms with E-state index < -0.39 is 0 Å². The van der Waals surface area contributed by atoms with Crippen LogP contribution in [0.1, 0.15) is 32.1 Å². The van der Waals surface area contributed by atoms with Crippen molar-refractivity contribution >= 4 is 38.4 Å². The Morgan fingerprint density at radius 2 is 2.00 bits per heavy atom. The molecule has 5 rings (SSSR count). The third kappa shape index (κ3) is 4.33. The lowest BCUT2D eigenvalue weighted by molar-refractivity contribution is -0.120. The third-order valence-corrected chi connectivity index (χ3v) is 6.56. The van der Waals surface area contributed by atoms with Crippen molar-refractivity contribution < 1.29 is 9.53 Å². The summed E-state index contributed by atoms with van der Waals surface area (Å²) in [6, 6.07) is 10.2. The van der Waals surface area contributed by atoms with E-state index in [1.807, 2.05) is 35.2 Å². The van der Waals surface area contributed by atoms with Crippen molar-refractivity contribution in [3.05, 3.63) is 36.5 Å². The third-order valence-electron chi connectivity index (χ3n) is 5.61. The molecule has 156 valence electrons. The number of fused-ring (bicyclic) bond motifs is 1. The number of carbonyl (C=O) groups is 1. The Morgan fingerprint density at radius 1 is 1.13 bits per heavy atom. The first-order chi connectivity index (χ1) is 14.7. The highest BCUT2D eigenvalue weighted by molar-refractivity contribution is 7.22. The van der Waals surface area contributed by atoms with E-state index in [2.05, 4.69) is 15.6 Å². The number of thiazole rings is 1. The van der Waals surface area contributed by atoms with Gasteiger partial charge in [-0.05, 0) is 31.0 Å². The minimum Gasteiger partial charge on any atom is -0.457 e. The molecule has 0 bridgehead atoms. The number of nitrogens with one attached hydrogen (secondary N) is 2. The molecular formula is C22H25N5O2S. The summed E-state index contributed by atoms with van der Waals surface area (Å²) < 4.78 is 7.20. The Bertz CT molecular complexity index is 1050. The van der Waals surface area contributed by atoms with Crippen molar-refractivity contribution in [2.45, 2.75) is 38.1 Å². The fourth-order valence-electron chi connectivity index (χ4n) is 4.06. The molecule has 3 heterocycles. The van der Waals surface area contributed by atoms with Crippen molar-refractivity contribution in [3.63, 3.8) is 0 Å². The van der Waals surface area contributed by atoms with Crippen molar-refractivity contribution in [1.29, 1.82) is 0 Å². The van der Waals surface area contributed by atoms with E-state index in [1.165, 1.54) is 32.1 Å². The summed E-state index contributed by atoms with van der Waals surface area (Å²) in [5.74, 6) is 2.24. The van der Waals surface area contributed by atoms with Gasteiger partial charge in [0.1, 0.15) is 17.3 Å². The van der Waals surface area contributed by atoms with Gasteiger partial charge in [0.05, 0.1) is 16.8 Å². The predicted octanol–water partition coefficient (Wildman–Crippen LogP) is 4.16. The molecule has 30 heavy (non-hydrogen) atoms. The molecule has 1 aliphatic carbocycles. The molecule has 0 atom stereocenters. The number of benzene rings is 1. The highest BCUT2D eigenvalue weighted by Crippen LogP contribution is 2.33. The summed E-state index contributed by atoms with van der Waals surface area (Å²) in [6.45, 7) is 1.69. The summed E-state index contributed by atoms with van der Waals surface area (Å²) >= 11 is 1.67. The number of aromatic nitrogens is 2. The molecule has 1 amide bonds. The maximum Gasteiger partial charge on any atom is 0.239 e. The van der Waals surface area contributed by atoms with E-state index >= 15 is 0 Å². The van der Waals surface area contributed by atoms with Crippen LogP contribution in [0.25, 0.3) is 10.2 Å². The first-order valence-electron chi connectivity index (χ1n) is 10.6. The molecule has 1 aliphatic heterocycles. The standard InChI is InChI=1S/C22H25N5O2S/c28-21-14-27(11-10-24-21)20-13-17(8-9-23-20)29-16-6-7-18-19(12-16)30-22(26-18)25-15-4-2-1-3-5-15/h6-9,12-13,15H,1-5,10-11,14H2,(H,24,28)(H,25,26). The quantitative estimate of drug-likeness (QED) is 0.641. The van der Waals surface area contributed by atoms with Gasteiger partial charge in [-0.15, -0.1) is 0 Å². The van der Waals surface area contributed by atoms with Crippen LogP contribution in [0.3, 0.4) is 0 Å². The number of pyridine rings is 1. The molecule has 1 saturated heterocycles. The van der Waals surface area contributed by atoms with Crippen LogP contribution >= 0.6 is 11.3 Å². The van der Waals surface area contributed by atoms with Crippen molar-refractivity contribution in [1.82, 2.24) is 15.3 Å². The zero-order valence-corrected chi connectivity index (χ0v) is 17.6. The van der Waals surface area contributed by atoms with Crippen LogP contribution in [-0.4, -0.2) is 41.6 Å². The summed E-state index contributed by atoms with van der Waals surface area (Å²) in [5, 5.41) is 7.43. The van der Waals surface area contributed by atoms with E-state index in [9.17, 15) is 4.79 Å². The first-order valence-corrected chi connectivity index (χ1v) is 11.4. The molecule has 2 fully saturated rings. The van der Waals surface area contributed by atoms with E-state index in [1.54, 1.807) is 17.5 Å². The minimum absolute atomic E-state index is 0.0164. The first kappa shape index (κ1) is 19.1. The van der Waals surface area contributed by atoms with Crippen molar-refractivity contribution in [2.24, 2.45) is 0 Å². The molecule has 1 aromatic carbocycles. The fraction of sp³-hybridized carbons (Fsp3) is 0.409. The zero-order chi connectivity index (χ0) is 20.3. The molecule has 2 aromatic heterocycles. The zero-order valence-electron chi connectivity index (χ0n) is 16.8. The average molecular weight is 424 g/mol. The number of carbonyl (C=O) groups excluding carboxylic acids is 1. The Hall–Kier alpha value is -2.87. The number of ether oxygens (including phenoxy) is 1. The number of anilines is 2. The van der Waals surface area contributed by atoms with Crippen molar-refractivity contribution in [2.75, 3.05) is 29.9 Å². The maximum atomic E-state index is 11.7. The molecule has 3 aromatic rings. The van der Waals surface area contributed by atoms with E-state index in [-0.39, 0.29) is 5.91 Å². The van der Waals surface area contributed by atoms with E-state index in [0.717, 1.165) is 33.5 Å². The average Bonchev–Trinajstić information content (AvgIpc) is 3.16. The minimum atomic E-state index is 0.0164. The Labute approximate surface area is 179 Å².